The molecule has 1 aliphatic rings. The van der Waals surface area contributed by atoms with Gasteiger partial charge in [0, 0.05) is 0 Å². The number of phosphoric ester groups is 1. The van der Waals surface area contributed by atoms with Crippen LogP contribution < -0.4 is 56.3 Å². The van der Waals surface area contributed by atoms with E-state index in [1.54, 1.807) is 0 Å². The van der Waals surface area contributed by atoms with Crippen LogP contribution in [0.1, 0.15) is 77.6 Å². The topological polar surface area (TPSA) is 88.1 Å². The van der Waals surface area contributed by atoms with Gasteiger partial charge in [-0.05, 0) is 12.8 Å². The van der Waals surface area contributed by atoms with Crippen LogP contribution in [0.4, 0.5) is 0 Å². The van der Waals surface area contributed by atoms with Crippen molar-refractivity contribution in [3.8, 4) is 0 Å². The van der Waals surface area contributed by atoms with Gasteiger partial charge in [0.05, 0.1) is 13.2 Å². The van der Waals surface area contributed by atoms with Crippen LogP contribution in [-0.2, 0) is 18.6 Å². The van der Waals surface area contributed by atoms with Gasteiger partial charge in [0.2, 0.25) is 0 Å². The molecule has 138 valence electrons. The van der Waals surface area contributed by atoms with Gasteiger partial charge in [0.1, 0.15) is 6.10 Å². The van der Waals surface area contributed by atoms with Gasteiger partial charge in [0.15, 0.2) is 6.29 Å². The molecule has 1 N–H and O–H groups in total. The van der Waals surface area contributed by atoms with E-state index in [9.17, 15) is 9.46 Å². The molecule has 0 bridgehead atoms. The van der Waals surface area contributed by atoms with E-state index in [1.165, 1.54) is 57.8 Å². The van der Waals surface area contributed by atoms with Gasteiger partial charge >= 0.3 is 51.4 Å². The van der Waals surface area contributed by atoms with Crippen LogP contribution in [-0.4, -0.2) is 30.5 Å². The molecule has 1 rings (SSSR count). The van der Waals surface area contributed by atoms with Gasteiger partial charge in [0.25, 0.3) is 7.82 Å². The molecule has 0 spiro atoms. The first kappa shape index (κ1) is 25.7. The second-order valence-electron chi connectivity index (χ2n) is 6.26. The Morgan fingerprint density at radius 1 is 1.08 bits per heavy atom. The molecule has 0 saturated carbocycles. The molecule has 1 heterocycles. The summed E-state index contributed by atoms with van der Waals surface area (Å²) >= 11 is 0. The van der Waals surface area contributed by atoms with Gasteiger partial charge < -0.3 is 23.8 Å². The summed E-state index contributed by atoms with van der Waals surface area (Å²) < 4.78 is 25.8. The van der Waals surface area contributed by atoms with Crippen molar-refractivity contribution in [2.75, 3.05) is 13.2 Å². The monoisotopic (exact) mass is 390 g/mol. The maximum Gasteiger partial charge on any atom is 1.00 e. The number of phosphoric acid groups is 1. The van der Waals surface area contributed by atoms with Gasteiger partial charge in [-0.15, -0.1) is 0 Å². The van der Waals surface area contributed by atoms with E-state index in [4.69, 9.17) is 14.4 Å². The van der Waals surface area contributed by atoms with E-state index in [1.807, 2.05) is 0 Å². The summed E-state index contributed by atoms with van der Waals surface area (Å²) in [7, 11) is -4.67. The zero-order chi connectivity index (χ0) is 17.0. The van der Waals surface area contributed by atoms with E-state index >= 15 is 0 Å². The van der Waals surface area contributed by atoms with Gasteiger partial charge in [-0.2, -0.15) is 0 Å². The number of hydrogen-bond acceptors (Lipinski definition) is 5. The average molecular weight is 390 g/mol. The third-order valence-corrected chi connectivity index (χ3v) is 4.50. The van der Waals surface area contributed by atoms with Crippen LogP contribution >= 0.6 is 7.82 Å². The van der Waals surface area contributed by atoms with Crippen LogP contribution in [0.15, 0.2) is 0 Å². The van der Waals surface area contributed by atoms with Crippen LogP contribution in [0.3, 0.4) is 0 Å². The Hall–Kier alpha value is 1.67. The van der Waals surface area contributed by atoms with Crippen LogP contribution in [0, 0.1) is 0 Å². The molecule has 0 amide bonds. The smallest absolute Gasteiger partial charge is 0.756 e. The van der Waals surface area contributed by atoms with Gasteiger partial charge in [-0.1, -0.05) is 64.7 Å². The molecule has 0 radical (unpaired) electrons. The number of unbranched alkanes of at least 4 members (excludes halogenated alkanes) is 9. The molecule has 1 saturated heterocycles. The van der Waals surface area contributed by atoms with E-state index in [2.05, 4.69) is 11.4 Å². The molecule has 1 fully saturated rings. The van der Waals surface area contributed by atoms with Crippen molar-refractivity contribution in [3.05, 3.63) is 0 Å². The van der Waals surface area contributed by atoms with Crippen molar-refractivity contribution in [3.63, 3.8) is 0 Å². The molecule has 3 unspecified atom stereocenters. The molecule has 0 aliphatic carbocycles. The molecule has 3 atom stereocenters. The van der Waals surface area contributed by atoms with E-state index in [-0.39, 0.29) is 64.3 Å². The fourth-order valence-electron chi connectivity index (χ4n) is 2.72. The first-order valence-corrected chi connectivity index (χ1v) is 10.5. The van der Waals surface area contributed by atoms with Crippen molar-refractivity contribution in [2.24, 2.45) is 0 Å². The third-order valence-electron chi connectivity index (χ3n) is 4.03. The fraction of sp³-hybridized carbons (Fsp3) is 1.00. The van der Waals surface area contributed by atoms with Crippen LogP contribution in [0.25, 0.3) is 0 Å². The summed E-state index contributed by atoms with van der Waals surface area (Å²) in [5, 5.41) is 0. The number of ether oxygens (including phenoxy) is 2. The second-order valence-corrected chi connectivity index (χ2v) is 7.45. The quantitative estimate of drug-likeness (QED) is 0.264. The van der Waals surface area contributed by atoms with Crippen LogP contribution in [0.5, 0.6) is 0 Å². The van der Waals surface area contributed by atoms with Crippen molar-refractivity contribution < 1.29 is 79.7 Å². The predicted molar refractivity (Wildman–Crippen MR) is 86.9 cm³/mol. The molecule has 0 aromatic rings. The summed E-state index contributed by atoms with van der Waals surface area (Å²) in [5.41, 5.74) is 0. The maximum absolute atomic E-state index is 10.5. The first-order valence-electron chi connectivity index (χ1n) is 8.96. The normalized spacial score (nSPS) is 23.0. The Bertz CT molecular complexity index is 339. The summed E-state index contributed by atoms with van der Waals surface area (Å²) in [6.45, 7) is 2.36. The molecular weight excluding hydrogens is 358 g/mol. The Kier molecular flexibility index (Phi) is 16.8. The third kappa shape index (κ3) is 14.8. The molecule has 24 heavy (non-hydrogen) atoms. The van der Waals surface area contributed by atoms with Crippen LogP contribution in [0.2, 0.25) is 0 Å². The van der Waals surface area contributed by atoms with Crippen molar-refractivity contribution in [2.45, 2.75) is 89.9 Å². The zero-order valence-electron chi connectivity index (χ0n) is 15.3. The van der Waals surface area contributed by atoms with Gasteiger partial charge in [-0.3, -0.25) is 4.57 Å². The molecule has 6 nitrogen and oxygen atoms in total. The standard InChI is InChI=1S/C16H33O6P.K/c1-2-3-4-5-6-7-8-9-10-11-12-16-20-13-15(22-16)14-21-23(17,18)19;/h15-16H,2-14H2,1H3,(H2,17,18,19);/q;+1/p-1. The Morgan fingerprint density at radius 2 is 1.62 bits per heavy atom. The summed E-state index contributed by atoms with van der Waals surface area (Å²) in [6, 6.07) is 0. The first-order chi connectivity index (χ1) is 11.0. The molecular formula is C16H32KO6P. The second kappa shape index (κ2) is 15.7. The molecule has 0 aromatic carbocycles. The largest absolute Gasteiger partial charge is 1.00 e. The van der Waals surface area contributed by atoms with Crippen molar-refractivity contribution in [1.29, 1.82) is 0 Å². The van der Waals surface area contributed by atoms with E-state index in [0.29, 0.717) is 6.61 Å². The Balaban J connectivity index is 0.00000529. The minimum atomic E-state index is -4.67. The zero-order valence-corrected chi connectivity index (χ0v) is 19.3. The molecule has 1 aliphatic heterocycles. The minimum Gasteiger partial charge on any atom is -0.756 e. The SMILES string of the molecule is CCCCCCCCCCCCC1OCC(COP(=O)([O-])O)O1.[K+]. The van der Waals surface area contributed by atoms with Gasteiger partial charge in [-0.25, -0.2) is 0 Å². The number of rotatable bonds is 14. The maximum atomic E-state index is 10.5. The fourth-order valence-corrected chi connectivity index (χ4v) is 3.08. The minimum absolute atomic E-state index is 0. The molecule has 0 aromatic heterocycles. The summed E-state index contributed by atoms with van der Waals surface area (Å²) in [5.74, 6) is 0. The Morgan fingerprint density at radius 3 is 2.17 bits per heavy atom. The Labute approximate surface area is 189 Å². The summed E-state index contributed by atoms with van der Waals surface area (Å²) in [6.07, 6.45) is 13.0. The average Bonchev–Trinajstić information content (AvgIpc) is 2.94. The van der Waals surface area contributed by atoms with Crippen molar-refractivity contribution >= 4 is 7.82 Å². The summed E-state index contributed by atoms with van der Waals surface area (Å²) in [4.78, 5) is 19.0. The van der Waals surface area contributed by atoms with E-state index < -0.39 is 13.9 Å². The molecule has 8 heteroatoms. The van der Waals surface area contributed by atoms with Crippen molar-refractivity contribution in [1.82, 2.24) is 0 Å². The predicted octanol–water partition coefficient (Wildman–Crippen LogP) is 0.520. The number of hydrogen-bond donors (Lipinski definition) is 1. The van der Waals surface area contributed by atoms with E-state index in [0.717, 1.165) is 12.8 Å².